The van der Waals surface area contributed by atoms with Crippen molar-refractivity contribution < 1.29 is 0 Å². The summed E-state index contributed by atoms with van der Waals surface area (Å²) in [5.41, 5.74) is 7.86. The van der Waals surface area contributed by atoms with E-state index in [0.29, 0.717) is 0 Å². The molecule has 0 aliphatic carbocycles. The van der Waals surface area contributed by atoms with E-state index in [2.05, 4.69) is 35.7 Å². The number of nitrogens with two attached hydrogens (primary N) is 1. The van der Waals surface area contributed by atoms with E-state index in [0.717, 1.165) is 48.2 Å². The van der Waals surface area contributed by atoms with Crippen LogP contribution < -0.4 is 10.6 Å². The minimum atomic E-state index is 0.0755. The van der Waals surface area contributed by atoms with Gasteiger partial charge in [-0.1, -0.05) is 11.8 Å². The van der Waals surface area contributed by atoms with Crippen LogP contribution in [-0.2, 0) is 6.54 Å². The van der Waals surface area contributed by atoms with Crippen LogP contribution in [0.3, 0.4) is 0 Å². The molecule has 0 unspecified atom stereocenters. The minimum absolute atomic E-state index is 0.0755. The normalized spacial score (nSPS) is 20.8. The number of hydrogen-bond acceptors (Lipinski definition) is 7. The predicted molar refractivity (Wildman–Crippen MR) is 103 cm³/mol. The van der Waals surface area contributed by atoms with Gasteiger partial charge in [0.1, 0.15) is 10.8 Å². The Morgan fingerprint density at radius 1 is 1.07 bits per heavy atom. The summed E-state index contributed by atoms with van der Waals surface area (Å²) in [7, 11) is 0. The maximum atomic E-state index is 6.56. The lowest BCUT2D eigenvalue weighted by Gasteiger charge is -2.41. The molecule has 2 aliphatic rings. The smallest absolute Gasteiger partial charge is 0.147 e. The van der Waals surface area contributed by atoms with Crippen LogP contribution in [0.5, 0.6) is 0 Å². The first-order chi connectivity index (χ1) is 13.2. The molecule has 0 saturated carbocycles. The van der Waals surface area contributed by atoms with Gasteiger partial charge >= 0.3 is 0 Å². The Hall–Kier alpha value is -2.45. The van der Waals surface area contributed by atoms with Gasteiger partial charge < -0.3 is 10.6 Å². The van der Waals surface area contributed by atoms with Crippen LogP contribution in [0.1, 0.15) is 24.6 Å². The summed E-state index contributed by atoms with van der Waals surface area (Å²) in [5, 5.41) is 5.29. The standard InChI is InChI=1S/C19H21N7S/c20-18-15-3-7-24-26(15)13-19(18)4-8-25(9-5-19)16-11-23-17(12-22-16)27-14-2-1-6-21-10-14/h1-3,6-7,10-12,18H,4-5,8-9,13,20H2/t18-/m1/s1. The van der Waals surface area contributed by atoms with Crippen molar-refractivity contribution in [2.24, 2.45) is 11.1 Å². The first kappa shape index (κ1) is 16.7. The van der Waals surface area contributed by atoms with E-state index in [4.69, 9.17) is 5.73 Å². The van der Waals surface area contributed by atoms with Crippen molar-refractivity contribution in [3.05, 3.63) is 54.9 Å². The van der Waals surface area contributed by atoms with E-state index in [-0.39, 0.29) is 11.5 Å². The predicted octanol–water partition coefficient (Wildman–Crippen LogP) is 2.52. The number of anilines is 1. The Morgan fingerprint density at radius 2 is 1.96 bits per heavy atom. The molecule has 138 valence electrons. The number of nitrogens with zero attached hydrogens (tertiary/aromatic N) is 6. The first-order valence-corrected chi connectivity index (χ1v) is 9.97. The van der Waals surface area contributed by atoms with Crippen molar-refractivity contribution in [1.82, 2.24) is 24.7 Å². The van der Waals surface area contributed by atoms with Crippen molar-refractivity contribution in [2.75, 3.05) is 18.0 Å². The van der Waals surface area contributed by atoms with Crippen LogP contribution >= 0.6 is 11.8 Å². The molecule has 1 saturated heterocycles. The van der Waals surface area contributed by atoms with Crippen LogP contribution in [0.15, 0.2) is 59.1 Å². The van der Waals surface area contributed by atoms with Gasteiger partial charge in [-0.25, -0.2) is 9.97 Å². The highest BCUT2D eigenvalue weighted by atomic mass is 32.2. The van der Waals surface area contributed by atoms with Crippen molar-refractivity contribution in [1.29, 1.82) is 0 Å². The summed E-state index contributed by atoms with van der Waals surface area (Å²) < 4.78 is 2.07. The molecule has 5 rings (SSSR count). The van der Waals surface area contributed by atoms with Gasteiger partial charge in [-0.05, 0) is 31.0 Å². The third kappa shape index (κ3) is 2.98. The van der Waals surface area contributed by atoms with E-state index in [1.165, 1.54) is 5.69 Å². The van der Waals surface area contributed by atoms with Gasteiger partial charge in [-0.3, -0.25) is 9.67 Å². The maximum absolute atomic E-state index is 6.56. The van der Waals surface area contributed by atoms with Crippen LogP contribution in [0.2, 0.25) is 0 Å². The molecular weight excluding hydrogens is 358 g/mol. The molecule has 2 aliphatic heterocycles. The van der Waals surface area contributed by atoms with Gasteiger partial charge in [0, 0.05) is 48.5 Å². The Bertz CT molecular complexity index is 917. The number of pyridine rings is 1. The monoisotopic (exact) mass is 379 g/mol. The summed E-state index contributed by atoms with van der Waals surface area (Å²) in [6.45, 7) is 2.82. The highest BCUT2D eigenvalue weighted by Gasteiger charge is 2.46. The number of hydrogen-bond donors (Lipinski definition) is 1. The van der Waals surface area contributed by atoms with Crippen molar-refractivity contribution in [3.63, 3.8) is 0 Å². The summed E-state index contributed by atoms with van der Waals surface area (Å²) >= 11 is 1.57. The Morgan fingerprint density at radius 3 is 2.67 bits per heavy atom. The second-order valence-electron chi connectivity index (χ2n) is 7.24. The van der Waals surface area contributed by atoms with Gasteiger partial charge in [-0.2, -0.15) is 5.10 Å². The molecule has 8 heteroatoms. The summed E-state index contributed by atoms with van der Waals surface area (Å²) in [5.74, 6) is 0.935. The third-order valence-electron chi connectivity index (χ3n) is 5.75. The van der Waals surface area contributed by atoms with Gasteiger partial charge in [0.2, 0.25) is 0 Å². The lowest BCUT2D eigenvalue weighted by Crippen LogP contribution is -2.45. The third-order valence-corrected chi connectivity index (χ3v) is 6.64. The van der Waals surface area contributed by atoms with Crippen molar-refractivity contribution in [2.45, 2.75) is 35.3 Å². The average molecular weight is 379 g/mol. The molecule has 3 aromatic rings. The number of fused-ring (bicyclic) bond motifs is 1. The van der Waals surface area contributed by atoms with Crippen LogP contribution in [0, 0.1) is 5.41 Å². The fraction of sp³-hybridized carbons (Fsp3) is 0.368. The molecule has 2 N–H and O–H groups in total. The summed E-state index contributed by atoms with van der Waals surface area (Å²) in [6, 6.07) is 6.07. The van der Waals surface area contributed by atoms with E-state index in [9.17, 15) is 0 Å². The Labute approximate surface area is 162 Å². The molecule has 0 radical (unpaired) electrons. The number of aromatic nitrogens is 5. The summed E-state index contributed by atoms with van der Waals surface area (Å²) in [6.07, 6.45) is 11.3. The lowest BCUT2D eigenvalue weighted by atomic mass is 9.73. The van der Waals surface area contributed by atoms with Gasteiger partial charge in [-0.15, -0.1) is 0 Å². The second kappa shape index (κ2) is 6.61. The van der Waals surface area contributed by atoms with Crippen LogP contribution in [-0.4, -0.2) is 37.8 Å². The van der Waals surface area contributed by atoms with Gasteiger partial charge in [0.15, 0.2) is 0 Å². The molecule has 0 amide bonds. The minimum Gasteiger partial charge on any atom is -0.355 e. The Balaban J connectivity index is 1.24. The van der Waals surface area contributed by atoms with E-state index < -0.39 is 0 Å². The summed E-state index contributed by atoms with van der Waals surface area (Å²) in [4.78, 5) is 16.7. The molecule has 27 heavy (non-hydrogen) atoms. The van der Waals surface area contributed by atoms with Crippen LogP contribution in [0.4, 0.5) is 5.82 Å². The topological polar surface area (TPSA) is 85.8 Å². The molecule has 7 nitrogen and oxygen atoms in total. The molecule has 1 fully saturated rings. The van der Waals surface area contributed by atoms with Gasteiger partial charge in [0.25, 0.3) is 0 Å². The largest absolute Gasteiger partial charge is 0.355 e. The fourth-order valence-corrected chi connectivity index (χ4v) is 4.87. The molecule has 1 atom stereocenters. The van der Waals surface area contributed by atoms with Crippen molar-refractivity contribution >= 4 is 17.6 Å². The zero-order valence-corrected chi connectivity index (χ0v) is 15.7. The van der Waals surface area contributed by atoms with Crippen LogP contribution in [0.25, 0.3) is 0 Å². The highest BCUT2D eigenvalue weighted by Crippen LogP contribution is 2.47. The number of rotatable bonds is 3. The number of piperidine rings is 1. The van der Waals surface area contributed by atoms with E-state index in [1.54, 1.807) is 18.0 Å². The molecule has 0 bridgehead atoms. The quantitative estimate of drug-likeness (QED) is 0.748. The fourth-order valence-electron chi connectivity index (χ4n) is 4.15. The Kier molecular flexibility index (Phi) is 4.09. The average Bonchev–Trinajstić information content (AvgIpc) is 3.26. The van der Waals surface area contributed by atoms with Crippen molar-refractivity contribution in [3.8, 4) is 0 Å². The van der Waals surface area contributed by atoms with Gasteiger partial charge in [0.05, 0.1) is 24.1 Å². The SMILES string of the molecule is N[C@@H]1c2ccnn2CC12CCN(c1cnc(Sc3cccnc3)cn1)CC2. The molecule has 0 aromatic carbocycles. The molecule has 5 heterocycles. The molecular formula is C19H21N7S. The molecule has 1 spiro atoms. The maximum Gasteiger partial charge on any atom is 0.147 e. The second-order valence-corrected chi connectivity index (χ2v) is 8.34. The zero-order chi connectivity index (χ0) is 18.3. The first-order valence-electron chi connectivity index (χ1n) is 9.16. The lowest BCUT2D eigenvalue weighted by molar-refractivity contribution is 0.170. The van der Waals surface area contributed by atoms with E-state index >= 15 is 0 Å². The zero-order valence-electron chi connectivity index (χ0n) is 14.9. The van der Waals surface area contributed by atoms with E-state index in [1.807, 2.05) is 36.9 Å². The highest BCUT2D eigenvalue weighted by molar-refractivity contribution is 7.99. The molecule has 3 aromatic heterocycles.